The van der Waals surface area contributed by atoms with Gasteiger partial charge in [-0.3, -0.25) is 9.59 Å². The minimum Gasteiger partial charge on any atom is -0.481 e. The molecule has 1 aromatic carbocycles. The Morgan fingerprint density at radius 2 is 2.05 bits per heavy atom. The van der Waals surface area contributed by atoms with Crippen LogP contribution in [0.2, 0.25) is 0 Å². The number of carbonyl (C=O) groups is 2. The van der Waals surface area contributed by atoms with Crippen molar-refractivity contribution in [3.8, 4) is 0 Å². The molecule has 1 aromatic rings. The van der Waals surface area contributed by atoms with Crippen LogP contribution in [0.1, 0.15) is 25.8 Å². The van der Waals surface area contributed by atoms with E-state index in [-0.39, 0.29) is 37.2 Å². The zero-order chi connectivity index (χ0) is 15.3. The Labute approximate surface area is 125 Å². The fourth-order valence-electron chi connectivity index (χ4n) is 1.81. The van der Waals surface area contributed by atoms with Crippen LogP contribution in [0.25, 0.3) is 0 Å². The van der Waals surface area contributed by atoms with Crippen LogP contribution in [0.5, 0.6) is 0 Å². The molecule has 0 radical (unpaired) electrons. The molecule has 0 bridgehead atoms. The van der Waals surface area contributed by atoms with Gasteiger partial charge in [-0.05, 0) is 47.5 Å². The molecule has 110 valence electrons. The van der Waals surface area contributed by atoms with Gasteiger partial charge in [0.05, 0.1) is 17.3 Å². The van der Waals surface area contributed by atoms with E-state index >= 15 is 0 Å². The van der Waals surface area contributed by atoms with E-state index in [0.29, 0.717) is 10.0 Å². The van der Waals surface area contributed by atoms with Gasteiger partial charge < -0.3 is 10.0 Å². The Morgan fingerprint density at radius 1 is 1.40 bits per heavy atom. The van der Waals surface area contributed by atoms with Gasteiger partial charge in [-0.15, -0.1) is 0 Å². The zero-order valence-electron chi connectivity index (χ0n) is 11.4. The predicted octanol–water partition coefficient (Wildman–Crippen LogP) is 2.84. The fraction of sp³-hybridized carbons (Fsp3) is 0.429. The molecule has 4 nitrogen and oxygen atoms in total. The molecule has 1 amide bonds. The van der Waals surface area contributed by atoms with Crippen molar-refractivity contribution < 1.29 is 19.1 Å². The van der Waals surface area contributed by atoms with E-state index in [4.69, 9.17) is 5.11 Å². The summed E-state index contributed by atoms with van der Waals surface area (Å²) in [5, 5.41) is 8.70. The molecular weight excluding hydrogens is 329 g/mol. The smallest absolute Gasteiger partial charge is 0.305 e. The second-order valence-electron chi connectivity index (χ2n) is 4.75. The van der Waals surface area contributed by atoms with Crippen LogP contribution in [0.4, 0.5) is 4.39 Å². The lowest BCUT2D eigenvalue weighted by atomic mass is 10.1. The highest BCUT2D eigenvalue weighted by atomic mass is 79.9. The van der Waals surface area contributed by atoms with Gasteiger partial charge in [-0.1, -0.05) is 6.07 Å². The molecule has 0 unspecified atom stereocenters. The Kier molecular flexibility index (Phi) is 6.13. The molecule has 6 heteroatoms. The van der Waals surface area contributed by atoms with Gasteiger partial charge in [-0.2, -0.15) is 0 Å². The molecule has 20 heavy (non-hydrogen) atoms. The summed E-state index contributed by atoms with van der Waals surface area (Å²) in [5.74, 6) is -1.49. The lowest BCUT2D eigenvalue weighted by Crippen LogP contribution is -2.39. The molecule has 1 rings (SSSR count). The number of carboxylic acid groups (broad SMARTS) is 1. The summed E-state index contributed by atoms with van der Waals surface area (Å²) in [6.45, 7) is 3.84. The maximum atomic E-state index is 13.1. The van der Waals surface area contributed by atoms with Gasteiger partial charge in [0.1, 0.15) is 5.82 Å². The molecule has 0 saturated carbocycles. The average Bonchev–Trinajstić information content (AvgIpc) is 2.33. The molecule has 0 aliphatic rings. The number of nitrogens with zero attached hydrogens (tertiary/aromatic N) is 1. The van der Waals surface area contributed by atoms with Crippen LogP contribution in [0.3, 0.4) is 0 Å². The first-order chi connectivity index (χ1) is 9.31. The number of carbonyl (C=O) groups excluding carboxylic acids is 1. The topological polar surface area (TPSA) is 57.6 Å². The standard InChI is InChI=1S/C14H17BrFNO3/c1-9(2)17(6-5-14(19)20)13(18)8-10-3-4-12(16)11(15)7-10/h3-4,7,9H,5-6,8H2,1-2H3,(H,19,20). The van der Waals surface area contributed by atoms with E-state index in [2.05, 4.69) is 15.9 Å². The zero-order valence-corrected chi connectivity index (χ0v) is 13.0. The van der Waals surface area contributed by atoms with Crippen LogP contribution in [-0.4, -0.2) is 34.5 Å². The first kappa shape index (κ1) is 16.6. The number of hydrogen-bond acceptors (Lipinski definition) is 2. The summed E-state index contributed by atoms with van der Waals surface area (Å²) < 4.78 is 13.4. The molecule has 0 spiro atoms. The first-order valence-electron chi connectivity index (χ1n) is 6.26. The van der Waals surface area contributed by atoms with E-state index in [9.17, 15) is 14.0 Å². The Morgan fingerprint density at radius 3 is 2.55 bits per heavy atom. The monoisotopic (exact) mass is 345 g/mol. The molecule has 1 N–H and O–H groups in total. The number of rotatable bonds is 6. The highest BCUT2D eigenvalue weighted by Gasteiger charge is 2.18. The highest BCUT2D eigenvalue weighted by Crippen LogP contribution is 2.18. The van der Waals surface area contributed by atoms with Gasteiger partial charge in [0.15, 0.2) is 0 Å². The number of benzene rings is 1. The quantitative estimate of drug-likeness (QED) is 0.862. The SMILES string of the molecule is CC(C)N(CCC(=O)O)C(=O)Cc1ccc(F)c(Br)c1. The number of hydrogen-bond donors (Lipinski definition) is 1. The molecule has 0 aliphatic carbocycles. The lowest BCUT2D eigenvalue weighted by molar-refractivity contribution is -0.139. The van der Waals surface area contributed by atoms with Gasteiger partial charge in [0.2, 0.25) is 5.91 Å². The van der Waals surface area contributed by atoms with Crippen LogP contribution >= 0.6 is 15.9 Å². The number of aliphatic carboxylic acids is 1. The van der Waals surface area contributed by atoms with E-state index in [1.165, 1.54) is 11.0 Å². The van der Waals surface area contributed by atoms with E-state index in [0.717, 1.165) is 0 Å². The second kappa shape index (κ2) is 7.38. The maximum Gasteiger partial charge on any atom is 0.305 e. The molecule has 0 atom stereocenters. The average molecular weight is 346 g/mol. The molecular formula is C14H17BrFNO3. The van der Waals surface area contributed by atoms with Crippen LogP contribution in [0.15, 0.2) is 22.7 Å². The normalized spacial score (nSPS) is 10.7. The van der Waals surface area contributed by atoms with Crippen LogP contribution < -0.4 is 0 Å². The Balaban J connectivity index is 2.74. The van der Waals surface area contributed by atoms with Crippen molar-refractivity contribution in [1.82, 2.24) is 4.90 Å². The van der Waals surface area contributed by atoms with Gasteiger partial charge in [0.25, 0.3) is 0 Å². The van der Waals surface area contributed by atoms with Crippen molar-refractivity contribution in [3.05, 3.63) is 34.1 Å². The van der Waals surface area contributed by atoms with Crippen molar-refractivity contribution in [1.29, 1.82) is 0 Å². The van der Waals surface area contributed by atoms with Gasteiger partial charge >= 0.3 is 5.97 Å². The van der Waals surface area contributed by atoms with E-state index < -0.39 is 5.97 Å². The molecule has 0 aromatic heterocycles. The minimum atomic E-state index is -0.937. The third-order valence-electron chi connectivity index (χ3n) is 2.85. The summed E-state index contributed by atoms with van der Waals surface area (Å²) in [7, 11) is 0. The lowest BCUT2D eigenvalue weighted by Gasteiger charge is -2.26. The molecule has 0 saturated heterocycles. The summed E-state index contributed by atoms with van der Waals surface area (Å²) >= 11 is 3.07. The van der Waals surface area contributed by atoms with Crippen LogP contribution in [0, 0.1) is 5.82 Å². The van der Waals surface area contributed by atoms with Crippen molar-refractivity contribution in [3.63, 3.8) is 0 Å². The fourth-order valence-corrected chi connectivity index (χ4v) is 2.24. The van der Waals surface area contributed by atoms with Crippen molar-refractivity contribution in [2.75, 3.05) is 6.54 Å². The summed E-state index contributed by atoms with van der Waals surface area (Å²) in [4.78, 5) is 24.3. The minimum absolute atomic E-state index is 0.0780. The van der Waals surface area contributed by atoms with Crippen molar-refractivity contribution in [2.45, 2.75) is 32.7 Å². The van der Waals surface area contributed by atoms with Gasteiger partial charge in [-0.25, -0.2) is 4.39 Å². The summed E-state index contributed by atoms with van der Waals surface area (Å²) in [6, 6.07) is 4.33. The first-order valence-corrected chi connectivity index (χ1v) is 7.05. The number of halogens is 2. The Bertz CT molecular complexity index is 505. The number of carboxylic acids is 1. The van der Waals surface area contributed by atoms with Crippen molar-refractivity contribution >= 4 is 27.8 Å². The predicted molar refractivity (Wildman–Crippen MR) is 76.9 cm³/mol. The molecule has 0 aliphatic heterocycles. The Hall–Kier alpha value is -1.43. The summed E-state index contributed by atoms with van der Waals surface area (Å²) in [5.41, 5.74) is 0.684. The number of amides is 1. The third kappa shape index (κ3) is 4.92. The second-order valence-corrected chi connectivity index (χ2v) is 5.60. The van der Waals surface area contributed by atoms with Crippen molar-refractivity contribution in [2.24, 2.45) is 0 Å². The van der Waals surface area contributed by atoms with E-state index in [1.54, 1.807) is 12.1 Å². The third-order valence-corrected chi connectivity index (χ3v) is 3.46. The highest BCUT2D eigenvalue weighted by molar-refractivity contribution is 9.10. The summed E-state index contributed by atoms with van der Waals surface area (Å²) in [6.07, 6.45) is 0.0354. The molecule has 0 heterocycles. The molecule has 0 fully saturated rings. The largest absolute Gasteiger partial charge is 0.481 e. The van der Waals surface area contributed by atoms with E-state index in [1.807, 2.05) is 13.8 Å². The maximum absolute atomic E-state index is 13.1. The van der Waals surface area contributed by atoms with Crippen LogP contribution in [-0.2, 0) is 16.0 Å². The van der Waals surface area contributed by atoms with Gasteiger partial charge in [0, 0.05) is 12.6 Å².